The molecule has 0 fully saturated rings. The number of ether oxygens (including phenoxy) is 1. The summed E-state index contributed by atoms with van der Waals surface area (Å²) in [4.78, 5) is 22.9. The third-order valence-corrected chi connectivity index (χ3v) is 3.64. The molecule has 2 aromatic rings. The lowest BCUT2D eigenvalue weighted by Crippen LogP contribution is -2.24. The average Bonchev–Trinajstić information content (AvgIpc) is 2.97. The first-order valence-corrected chi connectivity index (χ1v) is 7.74. The van der Waals surface area contributed by atoms with Crippen LogP contribution in [0.2, 0.25) is 0 Å². The molecular formula is C19H18N2O3. The number of hydrogen-bond acceptors (Lipinski definition) is 3. The number of nitrogens with one attached hydrogen (secondary N) is 2. The van der Waals surface area contributed by atoms with E-state index >= 15 is 0 Å². The van der Waals surface area contributed by atoms with Crippen molar-refractivity contribution in [3.05, 3.63) is 71.3 Å². The van der Waals surface area contributed by atoms with Crippen LogP contribution in [-0.2, 0) is 22.6 Å². The van der Waals surface area contributed by atoms with Crippen molar-refractivity contribution in [3.63, 3.8) is 0 Å². The number of amides is 2. The van der Waals surface area contributed by atoms with E-state index in [0.717, 1.165) is 22.4 Å². The number of rotatable bonds is 5. The minimum Gasteiger partial charge on any atom is -0.445 e. The van der Waals surface area contributed by atoms with Gasteiger partial charge in [-0.2, -0.15) is 0 Å². The monoisotopic (exact) mass is 322 g/mol. The Morgan fingerprint density at radius 1 is 1.21 bits per heavy atom. The third-order valence-electron chi connectivity index (χ3n) is 3.64. The number of fused-ring (bicyclic) bond motifs is 1. The second-order valence-corrected chi connectivity index (χ2v) is 5.49. The molecule has 0 aliphatic carbocycles. The first kappa shape index (κ1) is 15.8. The molecule has 5 heteroatoms. The molecule has 1 aliphatic heterocycles. The van der Waals surface area contributed by atoms with Crippen molar-refractivity contribution in [1.29, 1.82) is 0 Å². The van der Waals surface area contributed by atoms with E-state index in [1.807, 2.05) is 60.7 Å². The lowest BCUT2D eigenvalue weighted by Gasteiger charge is -2.05. The maximum atomic E-state index is 11.6. The van der Waals surface area contributed by atoms with Gasteiger partial charge in [0.1, 0.15) is 6.61 Å². The summed E-state index contributed by atoms with van der Waals surface area (Å²) in [7, 11) is 0. The molecule has 5 nitrogen and oxygen atoms in total. The third kappa shape index (κ3) is 4.23. The van der Waals surface area contributed by atoms with E-state index in [1.54, 1.807) is 0 Å². The van der Waals surface area contributed by atoms with Crippen LogP contribution < -0.4 is 10.6 Å². The Morgan fingerprint density at radius 2 is 2.04 bits per heavy atom. The quantitative estimate of drug-likeness (QED) is 0.889. The van der Waals surface area contributed by atoms with Crippen LogP contribution in [0.15, 0.2) is 54.6 Å². The number of carbonyl (C=O) groups is 2. The highest BCUT2D eigenvalue weighted by Gasteiger charge is 2.16. The Hall–Kier alpha value is -3.08. The molecule has 0 radical (unpaired) electrons. The molecule has 0 saturated carbocycles. The molecule has 0 spiro atoms. The van der Waals surface area contributed by atoms with Gasteiger partial charge in [0.25, 0.3) is 0 Å². The number of benzene rings is 2. The predicted octanol–water partition coefficient (Wildman–Crippen LogP) is 3.12. The van der Waals surface area contributed by atoms with Gasteiger partial charge in [0, 0.05) is 12.2 Å². The van der Waals surface area contributed by atoms with Crippen molar-refractivity contribution in [1.82, 2.24) is 5.32 Å². The molecule has 2 N–H and O–H groups in total. The van der Waals surface area contributed by atoms with Gasteiger partial charge < -0.3 is 15.4 Å². The van der Waals surface area contributed by atoms with Crippen molar-refractivity contribution in [3.8, 4) is 0 Å². The molecule has 122 valence electrons. The molecule has 24 heavy (non-hydrogen) atoms. The van der Waals surface area contributed by atoms with Crippen LogP contribution in [0.5, 0.6) is 0 Å². The van der Waals surface area contributed by atoms with Gasteiger partial charge in [0.15, 0.2) is 0 Å². The number of carbonyl (C=O) groups excluding carboxylic acids is 2. The summed E-state index contributed by atoms with van der Waals surface area (Å²) in [6.45, 7) is 0.629. The van der Waals surface area contributed by atoms with Gasteiger partial charge in [0.2, 0.25) is 5.91 Å². The molecule has 0 saturated heterocycles. The van der Waals surface area contributed by atoms with Crippen LogP contribution >= 0.6 is 0 Å². The topological polar surface area (TPSA) is 67.4 Å². The van der Waals surface area contributed by atoms with Gasteiger partial charge in [-0.05, 0) is 28.8 Å². The molecule has 0 aromatic heterocycles. The van der Waals surface area contributed by atoms with Crippen LogP contribution in [0, 0.1) is 0 Å². The fourth-order valence-electron chi connectivity index (χ4n) is 2.46. The zero-order valence-electron chi connectivity index (χ0n) is 13.1. The molecule has 0 atom stereocenters. The maximum Gasteiger partial charge on any atom is 0.407 e. The molecular weight excluding hydrogens is 304 g/mol. The van der Waals surface area contributed by atoms with Crippen LogP contribution in [-0.4, -0.2) is 18.5 Å². The van der Waals surface area contributed by atoms with E-state index in [4.69, 9.17) is 4.74 Å². The number of alkyl carbamates (subject to hydrolysis) is 1. The highest BCUT2D eigenvalue weighted by molar-refractivity contribution is 5.99. The van der Waals surface area contributed by atoms with E-state index < -0.39 is 6.09 Å². The molecule has 0 bridgehead atoms. The minimum absolute atomic E-state index is 0.0222. The molecule has 2 aromatic carbocycles. The zero-order valence-corrected chi connectivity index (χ0v) is 13.1. The summed E-state index contributed by atoms with van der Waals surface area (Å²) in [6, 6.07) is 15.3. The van der Waals surface area contributed by atoms with E-state index in [0.29, 0.717) is 13.0 Å². The summed E-state index contributed by atoms with van der Waals surface area (Å²) < 4.78 is 5.12. The number of anilines is 1. The Balaban J connectivity index is 1.43. The Labute approximate surface area is 140 Å². The lowest BCUT2D eigenvalue weighted by atomic mass is 10.1. The predicted molar refractivity (Wildman–Crippen MR) is 92.4 cm³/mol. The van der Waals surface area contributed by atoms with Gasteiger partial charge >= 0.3 is 6.09 Å². The fourth-order valence-corrected chi connectivity index (χ4v) is 2.46. The largest absolute Gasteiger partial charge is 0.445 e. The van der Waals surface area contributed by atoms with Gasteiger partial charge in [-0.25, -0.2) is 4.79 Å². The second-order valence-electron chi connectivity index (χ2n) is 5.49. The average molecular weight is 322 g/mol. The van der Waals surface area contributed by atoms with Gasteiger partial charge in [-0.1, -0.05) is 48.6 Å². The molecule has 1 aliphatic rings. The highest BCUT2D eigenvalue weighted by atomic mass is 16.5. The number of hydrogen-bond donors (Lipinski definition) is 2. The Morgan fingerprint density at radius 3 is 2.88 bits per heavy atom. The van der Waals surface area contributed by atoms with Crippen LogP contribution in [0.3, 0.4) is 0 Å². The van der Waals surface area contributed by atoms with Crippen LogP contribution in [0.25, 0.3) is 6.08 Å². The van der Waals surface area contributed by atoms with Crippen molar-refractivity contribution in [2.24, 2.45) is 0 Å². The van der Waals surface area contributed by atoms with Crippen molar-refractivity contribution < 1.29 is 14.3 Å². The fraction of sp³-hybridized carbons (Fsp3) is 0.158. The molecule has 1 heterocycles. The van der Waals surface area contributed by atoms with E-state index in [-0.39, 0.29) is 12.5 Å². The lowest BCUT2D eigenvalue weighted by molar-refractivity contribution is -0.115. The highest BCUT2D eigenvalue weighted by Crippen LogP contribution is 2.24. The standard InChI is InChI=1S/C19H18N2O3/c22-18-12-16-11-14(8-9-17(16)21-18)7-4-10-20-19(23)24-13-15-5-2-1-3-6-15/h1-9,11H,10,12-13H2,(H,20,23)(H,21,22). The summed E-state index contributed by atoms with van der Waals surface area (Å²) in [5.41, 5.74) is 3.81. The summed E-state index contributed by atoms with van der Waals surface area (Å²) in [5, 5.41) is 5.47. The van der Waals surface area contributed by atoms with Gasteiger partial charge in [-0.15, -0.1) is 0 Å². The first-order chi connectivity index (χ1) is 11.7. The zero-order chi connectivity index (χ0) is 16.8. The summed E-state index contributed by atoms with van der Waals surface area (Å²) in [6.07, 6.45) is 3.71. The minimum atomic E-state index is -0.452. The summed E-state index contributed by atoms with van der Waals surface area (Å²) in [5.74, 6) is 0.0222. The SMILES string of the molecule is O=C1Cc2cc(C=CCNC(=O)OCc3ccccc3)ccc2N1. The van der Waals surface area contributed by atoms with Crippen molar-refractivity contribution in [2.75, 3.05) is 11.9 Å². The Kier molecular flexibility index (Phi) is 4.91. The normalized spacial score (nSPS) is 12.8. The van der Waals surface area contributed by atoms with Crippen molar-refractivity contribution >= 4 is 23.8 Å². The molecule has 2 amide bonds. The smallest absolute Gasteiger partial charge is 0.407 e. The Bertz CT molecular complexity index is 769. The van der Waals surface area contributed by atoms with E-state index in [9.17, 15) is 9.59 Å². The maximum absolute atomic E-state index is 11.6. The summed E-state index contributed by atoms with van der Waals surface area (Å²) >= 11 is 0. The molecule has 3 rings (SSSR count). The van der Waals surface area contributed by atoms with E-state index in [1.165, 1.54) is 0 Å². The van der Waals surface area contributed by atoms with Crippen molar-refractivity contribution in [2.45, 2.75) is 13.0 Å². The van der Waals surface area contributed by atoms with Crippen LogP contribution in [0.1, 0.15) is 16.7 Å². The van der Waals surface area contributed by atoms with E-state index in [2.05, 4.69) is 10.6 Å². The molecule has 0 unspecified atom stereocenters. The second kappa shape index (κ2) is 7.46. The van der Waals surface area contributed by atoms with Gasteiger partial charge in [0.05, 0.1) is 6.42 Å². The van der Waals surface area contributed by atoms with Gasteiger partial charge in [-0.3, -0.25) is 4.79 Å². The van der Waals surface area contributed by atoms with Crippen LogP contribution in [0.4, 0.5) is 10.5 Å². The first-order valence-electron chi connectivity index (χ1n) is 7.74.